The molecule has 3 aromatic rings. The molecule has 5 nitrogen and oxygen atoms in total. The minimum atomic E-state index is -0.483. The Morgan fingerprint density at radius 1 is 1.18 bits per heavy atom. The molecule has 2 heterocycles. The molecule has 0 radical (unpaired) electrons. The van der Waals surface area contributed by atoms with Gasteiger partial charge in [0.1, 0.15) is 18.2 Å². The standard InChI is InChI=1S/C21H19F2N3O2/c22-15-7-8-18(23)17(10-15)14-4-3-9-25(12-14)21(28)13-26-19-6-2-1-5-16(19)20(27)11-24-26/h1-2,5-8,10-11,14H,3-4,9,12-13H2. The van der Waals surface area contributed by atoms with Gasteiger partial charge in [-0.25, -0.2) is 8.78 Å². The summed E-state index contributed by atoms with van der Waals surface area (Å²) >= 11 is 0. The predicted octanol–water partition coefficient (Wildman–Crippen LogP) is 3.08. The predicted molar refractivity (Wildman–Crippen MR) is 101 cm³/mol. The topological polar surface area (TPSA) is 55.2 Å². The number of likely N-dealkylation sites (tertiary alicyclic amines) is 1. The lowest BCUT2D eigenvalue weighted by Crippen LogP contribution is -2.41. The van der Waals surface area contributed by atoms with E-state index in [1.165, 1.54) is 16.9 Å². The number of benzene rings is 2. The average Bonchev–Trinajstić information content (AvgIpc) is 2.72. The van der Waals surface area contributed by atoms with Gasteiger partial charge >= 0.3 is 0 Å². The molecule has 1 fully saturated rings. The van der Waals surface area contributed by atoms with Crippen molar-refractivity contribution in [3.8, 4) is 0 Å². The lowest BCUT2D eigenvalue weighted by molar-refractivity contribution is -0.133. The second-order valence-corrected chi connectivity index (χ2v) is 7.03. The van der Waals surface area contributed by atoms with E-state index < -0.39 is 11.6 Å². The molecular weight excluding hydrogens is 364 g/mol. The first-order chi connectivity index (χ1) is 13.5. The minimum Gasteiger partial charge on any atom is -0.340 e. The van der Waals surface area contributed by atoms with Crippen LogP contribution in [-0.4, -0.2) is 33.7 Å². The summed E-state index contributed by atoms with van der Waals surface area (Å²) in [6.45, 7) is 0.876. The fraction of sp³-hybridized carbons (Fsp3) is 0.286. The van der Waals surface area contributed by atoms with E-state index in [2.05, 4.69) is 5.10 Å². The number of piperidine rings is 1. The van der Waals surface area contributed by atoms with Crippen LogP contribution in [0.25, 0.3) is 10.9 Å². The molecule has 0 saturated carbocycles. The van der Waals surface area contributed by atoms with Gasteiger partial charge in [0.05, 0.1) is 11.7 Å². The SMILES string of the molecule is O=C(Cn1ncc(=O)c2ccccc21)N1CCCC(c2cc(F)ccc2F)C1. The number of nitrogens with zero attached hydrogens (tertiary/aromatic N) is 3. The monoisotopic (exact) mass is 383 g/mol. The first-order valence-corrected chi connectivity index (χ1v) is 9.20. The van der Waals surface area contributed by atoms with E-state index in [1.807, 2.05) is 0 Å². The van der Waals surface area contributed by atoms with E-state index >= 15 is 0 Å². The summed E-state index contributed by atoms with van der Waals surface area (Å²) < 4.78 is 29.2. The molecule has 1 amide bonds. The molecule has 0 spiro atoms. The Labute approximate surface area is 160 Å². The summed E-state index contributed by atoms with van der Waals surface area (Å²) in [7, 11) is 0. The highest BCUT2D eigenvalue weighted by atomic mass is 19.1. The van der Waals surface area contributed by atoms with Gasteiger partial charge in [-0.2, -0.15) is 5.10 Å². The van der Waals surface area contributed by atoms with Crippen LogP contribution in [0.15, 0.2) is 53.5 Å². The fourth-order valence-electron chi connectivity index (χ4n) is 3.80. The molecule has 1 saturated heterocycles. The van der Waals surface area contributed by atoms with Crippen LogP contribution in [0.2, 0.25) is 0 Å². The molecule has 1 aliphatic heterocycles. The summed E-state index contributed by atoms with van der Waals surface area (Å²) in [5.74, 6) is -1.34. The molecule has 0 N–H and O–H groups in total. The third kappa shape index (κ3) is 3.52. The van der Waals surface area contributed by atoms with E-state index in [0.29, 0.717) is 42.4 Å². The quantitative estimate of drug-likeness (QED) is 0.699. The molecule has 144 valence electrons. The minimum absolute atomic E-state index is 0.0147. The number of fused-ring (bicyclic) bond motifs is 1. The number of carbonyl (C=O) groups is 1. The molecular formula is C21H19F2N3O2. The summed E-state index contributed by atoms with van der Waals surface area (Å²) in [4.78, 5) is 26.4. The van der Waals surface area contributed by atoms with Crippen molar-refractivity contribution in [3.05, 3.63) is 76.1 Å². The van der Waals surface area contributed by atoms with Gasteiger partial charge in [-0.1, -0.05) is 12.1 Å². The number of hydrogen-bond donors (Lipinski definition) is 0. The van der Waals surface area contributed by atoms with Crippen molar-refractivity contribution in [2.45, 2.75) is 25.3 Å². The third-order valence-corrected chi connectivity index (χ3v) is 5.22. The van der Waals surface area contributed by atoms with Gasteiger partial charge in [0, 0.05) is 24.4 Å². The average molecular weight is 383 g/mol. The molecule has 28 heavy (non-hydrogen) atoms. The molecule has 0 aliphatic carbocycles. The maximum atomic E-state index is 14.1. The van der Waals surface area contributed by atoms with E-state index in [9.17, 15) is 18.4 Å². The first-order valence-electron chi connectivity index (χ1n) is 9.20. The second kappa shape index (κ2) is 7.50. The molecule has 1 aromatic heterocycles. The van der Waals surface area contributed by atoms with Crippen molar-refractivity contribution in [1.29, 1.82) is 0 Å². The van der Waals surface area contributed by atoms with Gasteiger partial charge in [0.2, 0.25) is 11.3 Å². The van der Waals surface area contributed by atoms with Gasteiger partial charge < -0.3 is 4.90 Å². The largest absolute Gasteiger partial charge is 0.340 e. The summed E-state index contributed by atoms with van der Waals surface area (Å²) in [6.07, 6.45) is 2.62. The molecule has 0 bridgehead atoms. The van der Waals surface area contributed by atoms with Gasteiger partial charge in [-0.3, -0.25) is 14.3 Å². The Morgan fingerprint density at radius 2 is 2.00 bits per heavy atom. The van der Waals surface area contributed by atoms with Crippen LogP contribution in [0.1, 0.15) is 24.3 Å². The highest BCUT2D eigenvalue weighted by molar-refractivity contribution is 5.81. The van der Waals surface area contributed by atoms with Crippen molar-refractivity contribution < 1.29 is 13.6 Å². The van der Waals surface area contributed by atoms with E-state index in [0.717, 1.165) is 12.1 Å². The summed E-state index contributed by atoms with van der Waals surface area (Å²) in [6, 6.07) is 10.4. The van der Waals surface area contributed by atoms with Gasteiger partial charge in [0.15, 0.2) is 0 Å². The number of halogens is 2. The second-order valence-electron chi connectivity index (χ2n) is 7.03. The van der Waals surface area contributed by atoms with Crippen molar-refractivity contribution in [2.24, 2.45) is 0 Å². The molecule has 7 heteroatoms. The normalized spacial score (nSPS) is 17.1. The van der Waals surface area contributed by atoms with Crippen LogP contribution in [0.4, 0.5) is 8.78 Å². The third-order valence-electron chi connectivity index (χ3n) is 5.22. The molecule has 1 unspecified atom stereocenters. The fourth-order valence-corrected chi connectivity index (χ4v) is 3.80. The van der Waals surface area contributed by atoms with Gasteiger partial charge in [-0.05, 0) is 48.7 Å². The number of hydrogen-bond acceptors (Lipinski definition) is 3. The van der Waals surface area contributed by atoms with Crippen LogP contribution in [-0.2, 0) is 11.3 Å². The van der Waals surface area contributed by atoms with Crippen molar-refractivity contribution in [1.82, 2.24) is 14.7 Å². The number of carbonyl (C=O) groups excluding carboxylic acids is 1. The van der Waals surface area contributed by atoms with Crippen molar-refractivity contribution in [2.75, 3.05) is 13.1 Å². The maximum Gasteiger partial charge on any atom is 0.244 e. The number of rotatable bonds is 3. The lowest BCUT2D eigenvalue weighted by Gasteiger charge is -2.33. The first kappa shape index (κ1) is 18.3. The van der Waals surface area contributed by atoms with Crippen LogP contribution in [0, 0.1) is 11.6 Å². The Balaban J connectivity index is 1.55. The van der Waals surface area contributed by atoms with E-state index in [4.69, 9.17) is 0 Å². The zero-order valence-electron chi connectivity index (χ0n) is 15.1. The Morgan fingerprint density at radius 3 is 2.86 bits per heavy atom. The Kier molecular flexibility index (Phi) is 4.90. The molecule has 4 rings (SSSR count). The van der Waals surface area contributed by atoms with E-state index in [-0.39, 0.29) is 23.8 Å². The van der Waals surface area contributed by atoms with E-state index in [1.54, 1.807) is 29.2 Å². The lowest BCUT2D eigenvalue weighted by atomic mass is 9.90. The molecule has 1 aliphatic rings. The van der Waals surface area contributed by atoms with Crippen molar-refractivity contribution >= 4 is 16.8 Å². The number of para-hydroxylation sites is 1. The Hall–Kier alpha value is -3.09. The van der Waals surface area contributed by atoms with Crippen molar-refractivity contribution in [3.63, 3.8) is 0 Å². The molecule has 1 atom stereocenters. The smallest absolute Gasteiger partial charge is 0.244 e. The van der Waals surface area contributed by atoms with Gasteiger partial charge in [0.25, 0.3) is 0 Å². The zero-order valence-corrected chi connectivity index (χ0v) is 15.1. The summed E-state index contributed by atoms with van der Waals surface area (Å²) in [5.41, 5.74) is 0.705. The highest BCUT2D eigenvalue weighted by Gasteiger charge is 2.27. The maximum absolute atomic E-state index is 14.1. The van der Waals surface area contributed by atoms with Crippen LogP contribution < -0.4 is 5.43 Å². The summed E-state index contributed by atoms with van der Waals surface area (Å²) in [5, 5.41) is 4.59. The number of aromatic nitrogens is 2. The van der Waals surface area contributed by atoms with Crippen LogP contribution in [0.5, 0.6) is 0 Å². The Bertz CT molecular complexity index is 1100. The highest BCUT2D eigenvalue weighted by Crippen LogP contribution is 2.29. The molecule has 2 aromatic carbocycles. The van der Waals surface area contributed by atoms with Crippen LogP contribution in [0.3, 0.4) is 0 Å². The van der Waals surface area contributed by atoms with Crippen LogP contribution >= 0.6 is 0 Å². The zero-order chi connectivity index (χ0) is 19.7. The van der Waals surface area contributed by atoms with Gasteiger partial charge in [-0.15, -0.1) is 0 Å². The number of amides is 1.